The summed E-state index contributed by atoms with van der Waals surface area (Å²) in [5, 5.41) is 0. The summed E-state index contributed by atoms with van der Waals surface area (Å²) in [5.41, 5.74) is 0.0179. The largest absolute Gasteiger partial charge is 0.416 e. The molecule has 110 valence electrons. The maximum atomic E-state index is 12.5. The van der Waals surface area contributed by atoms with Gasteiger partial charge in [0, 0.05) is 21.6 Å². The van der Waals surface area contributed by atoms with E-state index in [1.807, 2.05) is 0 Å². The number of hydrogen-bond acceptors (Lipinski definition) is 2. The summed E-state index contributed by atoms with van der Waals surface area (Å²) in [6, 6.07) is 6.22. The molecule has 0 amide bonds. The SMILES string of the molecule is O=C(Cc1ccc(C(F)(F)F)cc1)c1ncc(Br)cc1Br. The fourth-order valence-electron chi connectivity index (χ4n) is 1.70. The maximum Gasteiger partial charge on any atom is 0.416 e. The Bertz CT molecular complexity index is 669. The first kappa shape index (κ1) is 16.2. The summed E-state index contributed by atoms with van der Waals surface area (Å²) in [7, 11) is 0. The molecule has 2 aromatic rings. The van der Waals surface area contributed by atoms with E-state index in [1.54, 1.807) is 6.07 Å². The molecule has 0 spiro atoms. The van der Waals surface area contributed by atoms with E-state index in [0.29, 0.717) is 10.0 Å². The fraction of sp³-hybridized carbons (Fsp3) is 0.143. The summed E-state index contributed by atoms with van der Waals surface area (Å²) in [6.07, 6.45) is -2.89. The fourth-order valence-corrected chi connectivity index (χ4v) is 2.91. The second-order valence-electron chi connectivity index (χ2n) is 4.28. The summed E-state index contributed by atoms with van der Waals surface area (Å²) >= 11 is 6.47. The minimum Gasteiger partial charge on any atom is -0.292 e. The van der Waals surface area contributed by atoms with E-state index in [1.165, 1.54) is 18.3 Å². The molecule has 7 heteroatoms. The van der Waals surface area contributed by atoms with Crippen LogP contribution in [0.2, 0.25) is 0 Å². The van der Waals surface area contributed by atoms with Crippen molar-refractivity contribution in [1.29, 1.82) is 0 Å². The van der Waals surface area contributed by atoms with Gasteiger partial charge in [0.25, 0.3) is 0 Å². The zero-order chi connectivity index (χ0) is 15.6. The van der Waals surface area contributed by atoms with E-state index in [9.17, 15) is 18.0 Å². The number of aromatic nitrogens is 1. The Morgan fingerprint density at radius 2 is 1.76 bits per heavy atom. The normalized spacial score (nSPS) is 11.5. The zero-order valence-corrected chi connectivity index (χ0v) is 13.6. The topological polar surface area (TPSA) is 30.0 Å². The van der Waals surface area contributed by atoms with Crippen molar-refractivity contribution in [3.63, 3.8) is 0 Å². The van der Waals surface area contributed by atoms with Gasteiger partial charge in [0.05, 0.1) is 5.56 Å². The molecule has 0 aliphatic heterocycles. The molecular weight excluding hydrogens is 415 g/mol. The molecule has 1 aromatic carbocycles. The highest BCUT2D eigenvalue weighted by molar-refractivity contribution is 9.11. The first-order valence-electron chi connectivity index (χ1n) is 5.78. The van der Waals surface area contributed by atoms with E-state index < -0.39 is 11.7 Å². The van der Waals surface area contributed by atoms with Gasteiger partial charge in [-0.3, -0.25) is 9.78 Å². The quantitative estimate of drug-likeness (QED) is 0.647. The molecule has 0 saturated carbocycles. The predicted molar refractivity (Wildman–Crippen MR) is 79.1 cm³/mol. The Labute approximate surface area is 135 Å². The number of ketones is 1. The van der Waals surface area contributed by atoms with Gasteiger partial charge >= 0.3 is 6.18 Å². The molecule has 2 nitrogen and oxygen atoms in total. The van der Waals surface area contributed by atoms with Crippen molar-refractivity contribution in [2.75, 3.05) is 0 Å². The van der Waals surface area contributed by atoms with Gasteiger partial charge in [0.15, 0.2) is 5.78 Å². The van der Waals surface area contributed by atoms with Crippen molar-refractivity contribution in [3.05, 3.63) is 62.3 Å². The Morgan fingerprint density at radius 3 is 2.29 bits per heavy atom. The zero-order valence-electron chi connectivity index (χ0n) is 10.4. The average Bonchev–Trinajstić information content (AvgIpc) is 2.38. The molecule has 0 aliphatic rings. The van der Waals surface area contributed by atoms with E-state index in [-0.39, 0.29) is 17.9 Å². The van der Waals surface area contributed by atoms with Crippen LogP contribution in [0, 0.1) is 0 Å². The van der Waals surface area contributed by atoms with E-state index in [2.05, 4.69) is 36.8 Å². The summed E-state index contributed by atoms with van der Waals surface area (Å²) in [4.78, 5) is 16.1. The van der Waals surface area contributed by atoms with Crippen LogP contribution < -0.4 is 0 Å². The Kier molecular flexibility index (Phi) is 4.83. The highest BCUT2D eigenvalue weighted by Gasteiger charge is 2.30. The number of pyridine rings is 1. The molecule has 0 aliphatic carbocycles. The van der Waals surface area contributed by atoms with Crippen LogP contribution in [-0.2, 0) is 12.6 Å². The van der Waals surface area contributed by atoms with Gasteiger partial charge in [0.1, 0.15) is 5.69 Å². The lowest BCUT2D eigenvalue weighted by Gasteiger charge is -2.07. The van der Waals surface area contributed by atoms with Gasteiger partial charge in [-0.15, -0.1) is 0 Å². The molecular formula is C14H8Br2F3NO. The molecule has 21 heavy (non-hydrogen) atoms. The number of nitrogens with zero attached hydrogens (tertiary/aromatic N) is 1. The second-order valence-corrected chi connectivity index (χ2v) is 6.05. The molecule has 2 rings (SSSR count). The van der Waals surface area contributed by atoms with Crippen molar-refractivity contribution < 1.29 is 18.0 Å². The Hall–Kier alpha value is -1.21. The molecule has 0 fully saturated rings. The van der Waals surface area contributed by atoms with Crippen LogP contribution in [0.4, 0.5) is 13.2 Å². The molecule has 0 unspecified atom stereocenters. The molecule has 0 atom stereocenters. The number of alkyl halides is 3. The van der Waals surface area contributed by atoms with Crippen LogP contribution in [0.3, 0.4) is 0 Å². The molecule has 0 saturated heterocycles. The van der Waals surface area contributed by atoms with Crippen molar-refractivity contribution in [1.82, 2.24) is 4.98 Å². The third kappa shape index (κ3) is 4.14. The van der Waals surface area contributed by atoms with Crippen LogP contribution in [0.25, 0.3) is 0 Å². The van der Waals surface area contributed by atoms with Gasteiger partial charge in [-0.1, -0.05) is 12.1 Å². The smallest absolute Gasteiger partial charge is 0.292 e. The van der Waals surface area contributed by atoms with Crippen LogP contribution in [-0.4, -0.2) is 10.8 Å². The van der Waals surface area contributed by atoms with Crippen LogP contribution >= 0.6 is 31.9 Å². The van der Waals surface area contributed by atoms with Gasteiger partial charge in [-0.2, -0.15) is 13.2 Å². The monoisotopic (exact) mass is 421 g/mol. The summed E-state index contributed by atoms with van der Waals surface area (Å²) < 4.78 is 38.6. The van der Waals surface area contributed by atoms with Crippen LogP contribution in [0.5, 0.6) is 0 Å². The number of rotatable bonds is 3. The first-order valence-corrected chi connectivity index (χ1v) is 7.36. The van der Waals surface area contributed by atoms with E-state index in [4.69, 9.17) is 0 Å². The van der Waals surface area contributed by atoms with Crippen molar-refractivity contribution in [2.24, 2.45) is 0 Å². The second kappa shape index (κ2) is 6.27. The Morgan fingerprint density at radius 1 is 1.14 bits per heavy atom. The number of benzene rings is 1. The lowest BCUT2D eigenvalue weighted by atomic mass is 10.0. The lowest BCUT2D eigenvalue weighted by Crippen LogP contribution is -2.08. The van der Waals surface area contributed by atoms with Crippen molar-refractivity contribution in [3.8, 4) is 0 Å². The van der Waals surface area contributed by atoms with Crippen molar-refractivity contribution in [2.45, 2.75) is 12.6 Å². The number of halogens is 5. The average molecular weight is 423 g/mol. The molecule has 0 bridgehead atoms. The van der Waals surface area contributed by atoms with Gasteiger partial charge in [0.2, 0.25) is 0 Å². The summed E-state index contributed by atoms with van der Waals surface area (Å²) in [6.45, 7) is 0. The predicted octanol–water partition coefficient (Wildman–Crippen LogP) is 5.05. The Balaban J connectivity index is 2.16. The molecule has 0 radical (unpaired) electrons. The standard InChI is InChI=1S/C14H8Br2F3NO/c15-10-6-11(16)13(20-7-10)12(21)5-8-1-3-9(4-2-8)14(17,18)19/h1-4,6-7H,5H2. The maximum absolute atomic E-state index is 12.5. The number of Topliss-reactive ketones (excluding diaryl/α,β-unsaturated/α-hetero) is 1. The first-order chi connectivity index (χ1) is 9.77. The van der Waals surface area contributed by atoms with Gasteiger partial charge in [-0.25, -0.2) is 0 Å². The molecule has 1 aromatic heterocycles. The third-order valence-electron chi connectivity index (χ3n) is 2.72. The number of hydrogen-bond donors (Lipinski definition) is 0. The van der Waals surface area contributed by atoms with E-state index >= 15 is 0 Å². The number of carbonyl (C=O) groups excluding carboxylic acids is 1. The minimum atomic E-state index is -4.38. The highest BCUT2D eigenvalue weighted by atomic mass is 79.9. The summed E-state index contributed by atoms with van der Waals surface area (Å²) in [5.74, 6) is -0.269. The van der Waals surface area contributed by atoms with Crippen LogP contribution in [0.15, 0.2) is 45.5 Å². The number of carbonyl (C=O) groups is 1. The molecule has 1 heterocycles. The van der Waals surface area contributed by atoms with Crippen molar-refractivity contribution >= 4 is 37.6 Å². The highest BCUT2D eigenvalue weighted by Crippen LogP contribution is 2.29. The van der Waals surface area contributed by atoms with Gasteiger partial charge in [-0.05, 0) is 55.6 Å². The van der Waals surface area contributed by atoms with Crippen LogP contribution in [0.1, 0.15) is 21.6 Å². The molecule has 0 N–H and O–H groups in total. The third-order valence-corrected chi connectivity index (χ3v) is 3.76. The lowest BCUT2D eigenvalue weighted by molar-refractivity contribution is -0.137. The minimum absolute atomic E-state index is 0.00856. The van der Waals surface area contributed by atoms with E-state index in [0.717, 1.165) is 16.6 Å². The van der Waals surface area contributed by atoms with Gasteiger partial charge < -0.3 is 0 Å².